The van der Waals surface area contributed by atoms with Gasteiger partial charge in [-0.1, -0.05) is 18.2 Å². The van der Waals surface area contributed by atoms with Crippen molar-refractivity contribution in [2.24, 2.45) is 0 Å². The average molecular weight is 316 g/mol. The van der Waals surface area contributed by atoms with Gasteiger partial charge in [-0.3, -0.25) is 4.79 Å². The average Bonchev–Trinajstić information content (AvgIpc) is 3.03. The van der Waals surface area contributed by atoms with E-state index in [0.29, 0.717) is 12.4 Å². The van der Waals surface area contributed by atoms with Crippen LogP contribution in [0.2, 0.25) is 0 Å². The summed E-state index contributed by atoms with van der Waals surface area (Å²) in [4.78, 5) is 21.4. The quantitative estimate of drug-likeness (QED) is 0.728. The number of nitrogens with zero attached hydrogens (tertiary/aromatic N) is 2. The Kier molecular flexibility index (Phi) is 5.76. The molecule has 6 heteroatoms. The van der Waals surface area contributed by atoms with Gasteiger partial charge in [-0.05, 0) is 31.9 Å². The molecule has 0 saturated carbocycles. The molecule has 0 saturated heterocycles. The van der Waals surface area contributed by atoms with Gasteiger partial charge in [0.2, 0.25) is 5.91 Å². The zero-order valence-corrected chi connectivity index (χ0v) is 13.8. The van der Waals surface area contributed by atoms with Gasteiger partial charge in [0.25, 0.3) is 0 Å². The van der Waals surface area contributed by atoms with Crippen molar-refractivity contribution in [2.75, 3.05) is 18.5 Å². The summed E-state index contributed by atoms with van der Waals surface area (Å²) >= 11 is 0. The fraction of sp³-hybridized carbons (Fsp3) is 0.412. The molecule has 0 aliphatic heterocycles. The largest absolute Gasteiger partial charge is 0.395 e. The molecule has 0 aliphatic rings. The monoisotopic (exact) mass is 316 g/mol. The number of aryl methyl sites for hydroxylation is 2. The standard InChI is InChI=1S/C17H24N4O2/c1-12-5-4-6-13(2)16(12)20-14(3)17(23)21(9-10-22)11-15-18-7-8-19-15/h4-8,14,20,22H,9-11H2,1-3H3,(H,18,19). The number of para-hydroxylation sites is 1. The lowest BCUT2D eigenvalue weighted by molar-refractivity contribution is -0.132. The first-order valence-corrected chi connectivity index (χ1v) is 7.73. The number of benzene rings is 1. The van der Waals surface area contributed by atoms with E-state index in [1.165, 1.54) is 0 Å². The molecule has 6 nitrogen and oxygen atoms in total. The van der Waals surface area contributed by atoms with Gasteiger partial charge in [0.1, 0.15) is 11.9 Å². The second-order valence-corrected chi connectivity index (χ2v) is 5.65. The molecule has 3 N–H and O–H groups in total. The molecule has 0 radical (unpaired) electrons. The number of hydrogen-bond acceptors (Lipinski definition) is 4. The molecular weight excluding hydrogens is 292 g/mol. The Bertz CT molecular complexity index is 620. The van der Waals surface area contributed by atoms with E-state index in [1.54, 1.807) is 17.3 Å². The van der Waals surface area contributed by atoms with Crippen molar-refractivity contribution in [3.63, 3.8) is 0 Å². The lowest BCUT2D eigenvalue weighted by Crippen LogP contribution is -2.42. The molecule has 0 spiro atoms. The van der Waals surface area contributed by atoms with Crippen molar-refractivity contribution in [1.29, 1.82) is 0 Å². The second-order valence-electron chi connectivity index (χ2n) is 5.65. The highest BCUT2D eigenvalue weighted by molar-refractivity contribution is 5.84. The Morgan fingerprint density at radius 3 is 2.65 bits per heavy atom. The lowest BCUT2D eigenvalue weighted by Gasteiger charge is -2.26. The summed E-state index contributed by atoms with van der Waals surface area (Å²) in [6, 6.07) is 5.63. The lowest BCUT2D eigenvalue weighted by atomic mass is 10.1. The van der Waals surface area contributed by atoms with Gasteiger partial charge >= 0.3 is 0 Å². The van der Waals surface area contributed by atoms with Crippen LogP contribution in [0.25, 0.3) is 0 Å². The number of carbonyl (C=O) groups excluding carboxylic acids is 1. The maximum Gasteiger partial charge on any atom is 0.245 e. The van der Waals surface area contributed by atoms with Gasteiger partial charge in [-0.15, -0.1) is 0 Å². The van der Waals surface area contributed by atoms with Crippen molar-refractivity contribution in [1.82, 2.24) is 14.9 Å². The third-order valence-electron chi connectivity index (χ3n) is 3.79. The van der Waals surface area contributed by atoms with Crippen LogP contribution in [0.4, 0.5) is 5.69 Å². The number of aromatic amines is 1. The minimum Gasteiger partial charge on any atom is -0.395 e. The summed E-state index contributed by atoms with van der Waals surface area (Å²) < 4.78 is 0. The van der Waals surface area contributed by atoms with Gasteiger partial charge in [0.15, 0.2) is 0 Å². The van der Waals surface area contributed by atoms with Crippen molar-refractivity contribution in [3.05, 3.63) is 47.5 Å². The zero-order chi connectivity index (χ0) is 16.8. The Morgan fingerprint density at radius 2 is 2.09 bits per heavy atom. The van der Waals surface area contributed by atoms with E-state index in [1.807, 2.05) is 39.0 Å². The number of aliphatic hydroxyl groups is 1. The number of hydrogen-bond donors (Lipinski definition) is 3. The summed E-state index contributed by atoms with van der Waals surface area (Å²) in [6.07, 6.45) is 3.37. The molecule has 1 amide bonds. The van der Waals surface area contributed by atoms with Crippen LogP contribution in [0.1, 0.15) is 23.9 Å². The SMILES string of the molecule is Cc1cccc(C)c1NC(C)C(=O)N(CCO)Cc1ncc[nH]1. The Morgan fingerprint density at radius 1 is 1.39 bits per heavy atom. The Labute approximate surface area is 136 Å². The molecule has 1 atom stereocenters. The fourth-order valence-corrected chi connectivity index (χ4v) is 2.55. The van der Waals surface area contributed by atoms with Gasteiger partial charge in [0.05, 0.1) is 13.2 Å². The topological polar surface area (TPSA) is 81.2 Å². The maximum atomic E-state index is 12.7. The van der Waals surface area contributed by atoms with Crippen LogP contribution >= 0.6 is 0 Å². The predicted octanol–water partition coefficient (Wildman–Crippen LogP) is 1.85. The third-order valence-corrected chi connectivity index (χ3v) is 3.79. The number of nitrogens with one attached hydrogen (secondary N) is 2. The number of aliphatic hydroxyl groups excluding tert-OH is 1. The number of H-pyrrole nitrogens is 1. The normalized spacial score (nSPS) is 12.0. The van der Waals surface area contributed by atoms with Crippen LogP contribution in [0.5, 0.6) is 0 Å². The highest BCUT2D eigenvalue weighted by Crippen LogP contribution is 2.20. The summed E-state index contributed by atoms with van der Waals surface area (Å²) in [7, 11) is 0. The highest BCUT2D eigenvalue weighted by Gasteiger charge is 2.22. The van der Waals surface area contributed by atoms with Gasteiger partial charge < -0.3 is 20.3 Å². The summed E-state index contributed by atoms with van der Waals surface area (Å²) in [6.45, 7) is 6.41. The summed E-state index contributed by atoms with van der Waals surface area (Å²) in [5, 5.41) is 12.5. The van der Waals surface area contributed by atoms with Crippen LogP contribution in [0.3, 0.4) is 0 Å². The fourth-order valence-electron chi connectivity index (χ4n) is 2.55. The smallest absolute Gasteiger partial charge is 0.245 e. The van der Waals surface area contributed by atoms with Crippen LogP contribution in [0, 0.1) is 13.8 Å². The predicted molar refractivity (Wildman–Crippen MR) is 90.1 cm³/mol. The molecule has 23 heavy (non-hydrogen) atoms. The Balaban J connectivity index is 2.09. The molecule has 0 fully saturated rings. The van der Waals surface area contributed by atoms with Gasteiger partial charge in [0, 0.05) is 24.6 Å². The van der Waals surface area contributed by atoms with Crippen LogP contribution in [0.15, 0.2) is 30.6 Å². The van der Waals surface area contributed by atoms with E-state index in [4.69, 9.17) is 0 Å². The molecule has 1 aromatic heterocycles. The number of carbonyl (C=O) groups is 1. The minimum absolute atomic E-state index is 0.0712. The number of aromatic nitrogens is 2. The van der Waals surface area contributed by atoms with Crippen molar-refractivity contribution >= 4 is 11.6 Å². The minimum atomic E-state index is -0.392. The van der Waals surface area contributed by atoms with E-state index >= 15 is 0 Å². The van der Waals surface area contributed by atoms with E-state index in [0.717, 1.165) is 16.8 Å². The first-order chi connectivity index (χ1) is 11.0. The van der Waals surface area contributed by atoms with Crippen molar-refractivity contribution in [2.45, 2.75) is 33.4 Å². The molecule has 124 valence electrons. The van der Waals surface area contributed by atoms with E-state index in [-0.39, 0.29) is 19.1 Å². The maximum absolute atomic E-state index is 12.7. The van der Waals surface area contributed by atoms with Gasteiger partial charge in [-0.2, -0.15) is 0 Å². The highest BCUT2D eigenvalue weighted by atomic mass is 16.3. The van der Waals surface area contributed by atoms with Crippen LogP contribution in [-0.4, -0.2) is 45.1 Å². The molecule has 1 heterocycles. The number of anilines is 1. The van der Waals surface area contributed by atoms with Crippen LogP contribution < -0.4 is 5.32 Å². The van der Waals surface area contributed by atoms with Crippen LogP contribution in [-0.2, 0) is 11.3 Å². The summed E-state index contributed by atoms with van der Waals surface area (Å²) in [5.74, 6) is 0.629. The first-order valence-electron chi connectivity index (χ1n) is 7.73. The molecule has 1 unspecified atom stereocenters. The van der Waals surface area contributed by atoms with E-state index in [2.05, 4.69) is 15.3 Å². The number of amides is 1. The number of imidazole rings is 1. The molecule has 2 rings (SSSR count). The molecule has 2 aromatic rings. The van der Waals surface area contributed by atoms with Crippen molar-refractivity contribution < 1.29 is 9.90 Å². The van der Waals surface area contributed by atoms with Crippen molar-refractivity contribution in [3.8, 4) is 0 Å². The number of rotatable bonds is 7. The zero-order valence-electron chi connectivity index (χ0n) is 13.8. The molecule has 1 aromatic carbocycles. The molecule has 0 aliphatic carbocycles. The molecular formula is C17H24N4O2. The van der Waals surface area contributed by atoms with E-state index in [9.17, 15) is 9.90 Å². The molecule has 0 bridgehead atoms. The first kappa shape index (κ1) is 17.0. The van der Waals surface area contributed by atoms with Gasteiger partial charge in [-0.25, -0.2) is 4.98 Å². The second kappa shape index (κ2) is 7.78. The van der Waals surface area contributed by atoms with E-state index < -0.39 is 6.04 Å². The Hall–Kier alpha value is -2.34. The summed E-state index contributed by atoms with van der Waals surface area (Å²) in [5.41, 5.74) is 3.18. The third kappa shape index (κ3) is 4.32.